The molecule has 1 aromatic carbocycles. The smallest absolute Gasteiger partial charge is 0.194 e. The Bertz CT molecular complexity index is 761. The molecule has 1 atom stereocenters. The third-order valence-corrected chi connectivity index (χ3v) is 5.00. The summed E-state index contributed by atoms with van der Waals surface area (Å²) in [5.74, 6) is 2.64. The fraction of sp³-hybridized carbons (Fsp3) is 0.524. The summed E-state index contributed by atoms with van der Waals surface area (Å²) in [6.07, 6.45) is 5.03. The number of nitrogens with zero attached hydrogens (tertiary/aromatic N) is 4. The highest BCUT2D eigenvalue weighted by atomic mass is 127. The van der Waals surface area contributed by atoms with Gasteiger partial charge in [-0.25, -0.2) is 9.98 Å². The Labute approximate surface area is 185 Å². The molecule has 1 aromatic heterocycles. The lowest BCUT2D eigenvalue weighted by Gasteiger charge is -2.21. The molecule has 0 spiro atoms. The Morgan fingerprint density at radius 3 is 2.89 bits per heavy atom. The number of aryl methyl sites for hydroxylation is 1. The maximum absolute atomic E-state index is 5.31. The van der Waals surface area contributed by atoms with Crippen molar-refractivity contribution in [2.75, 3.05) is 33.4 Å². The van der Waals surface area contributed by atoms with Crippen molar-refractivity contribution in [1.29, 1.82) is 0 Å². The zero-order valence-corrected chi connectivity index (χ0v) is 19.4. The number of hydrogen-bond acceptors (Lipinski definition) is 3. The van der Waals surface area contributed by atoms with E-state index < -0.39 is 0 Å². The fourth-order valence-corrected chi connectivity index (χ4v) is 3.58. The highest BCUT2D eigenvalue weighted by molar-refractivity contribution is 14.0. The quantitative estimate of drug-likeness (QED) is 0.363. The van der Waals surface area contributed by atoms with Crippen LogP contribution in [0.15, 0.2) is 41.7 Å². The zero-order chi connectivity index (χ0) is 19.1. The first-order valence-electron chi connectivity index (χ1n) is 9.77. The summed E-state index contributed by atoms with van der Waals surface area (Å²) in [6.45, 7) is 9.43. The predicted octanol–water partition coefficient (Wildman–Crippen LogP) is 3.29. The number of nitrogens with one attached hydrogen (secondary N) is 1. The molecule has 1 saturated heterocycles. The van der Waals surface area contributed by atoms with Gasteiger partial charge < -0.3 is 19.5 Å². The van der Waals surface area contributed by atoms with E-state index in [1.807, 2.05) is 19.3 Å². The average Bonchev–Trinajstić information content (AvgIpc) is 3.29. The number of imidazole rings is 1. The van der Waals surface area contributed by atoms with Crippen LogP contribution in [-0.2, 0) is 17.8 Å². The van der Waals surface area contributed by atoms with Gasteiger partial charge in [0.25, 0.3) is 0 Å². The van der Waals surface area contributed by atoms with Crippen molar-refractivity contribution in [3.8, 4) is 0 Å². The molecule has 1 unspecified atom stereocenters. The van der Waals surface area contributed by atoms with E-state index in [0.717, 1.165) is 51.0 Å². The summed E-state index contributed by atoms with van der Waals surface area (Å²) >= 11 is 0. The lowest BCUT2D eigenvalue weighted by Crippen LogP contribution is -2.40. The van der Waals surface area contributed by atoms with Gasteiger partial charge in [-0.3, -0.25) is 0 Å². The molecule has 2 heterocycles. The van der Waals surface area contributed by atoms with Crippen LogP contribution >= 0.6 is 24.0 Å². The molecule has 0 saturated carbocycles. The molecule has 0 amide bonds. The van der Waals surface area contributed by atoms with Crippen LogP contribution in [0.25, 0.3) is 0 Å². The van der Waals surface area contributed by atoms with Gasteiger partial charge >= 0.3 is 0 Å². The zero-order valence-electron chi connectivity index (χ0n) is 17.1. The van der Waals surface area contributed by atoms with Crippen LogP contribution in [0.3, 0.4) is 0 Å². The number of benzene rings is 1. The maximum atomic E-state index is 5.31. The summed E-state index contributed by atoms with van der Waals surface area (Å²) < 4.78 is 7.47. The fourth-order valence-electron chi connectivity index (χ4n) is 3.58. The number of ether oxygens (including phenoxy) is 1. The van der Waals surface area contributed by atoms with Gasteiger partial charge in [0.15, 0.2) is 5.96 Å². The summed E-state index contributed by atoms with van der Waals surface area (Å²) in [7, 11) is 1.78. The monoisotopic (exact) mass is 497 g/mol. The van der Waals surface area contributed by atoms with Crippen LogP contribution in [0.5, 0.6) is 0 Å². The summed E-state index contributed by atoms with van der Waals surface area (Å²) in [4.78, 5) is 11.5. The van der Waals surface area contributed by atoms with Gasteiger partial charge in [0.1, 0.15) is 5.82 Å². The lowest BCUT2D eigenvalue weighted by atomic mass is 10.1. The molecular weight excluding hydrogens is 465 g/mol. The molecule has 28 heavy (non-hydrogen) atoms. The van der Waals surface area contributed by atoms with Gasteiger partial charge in [0.2, 0.25) is 0 Å². The minimum absolute atomic E-state index is 0. The highest BCUT2D eigenvalue weighted by Gasteiger charge is 2.24. The van der Waals surface area contributed by atoms with Crippen LogP contribution < -0.4 is 5.32 Å². The van der Waals surface area contributed by atoms with Crippen LogP contribution in [0.4, 0.5) is 0 Å². The number of guanidine groups is 1. The Morgan fingerprint density at radius 1 is 1.36 bits per heavy atom. The SMILES string of the molecule is CCNC(=NCc1cccc(Cn2ccnc2C)c1)N1CCC(COC)C1.I. The largest absolute Gasteiger partial charge is 0.384 e. The Hall–Kier alpha value is -1.61. The van der Waals surface area contributed by atoms with E-state index in [0.29, 0.717) is 12.5 Å². The molecular formula is C21H32IN5O. The van der Waals surface area contributed by atoms with Crippen LogP contribution in [0.1, 0.15) is 30.3 Å². The van der Waals surface area contributed by atoms with Crippen LogP contribution in [0.2, 0.25) is 0 Å². The number of aliphatic imine (C=N–C) groups is 1. The van der Waals surface area contributed by atoms with E-state index in [1.54, 1.807) is 7.11 Å². The second-order valence-corrected chi connectivity index (χ2v) is 7.15. The van der Waals surface area contributed by atoms with E-state index in [-0.39, 0.29) is 24.0 Å². The lowest BCUT2D eigenvalue weighted by molar-refractivity contribution is 0.157. The van der Waals surface area contributed by atoms with Crippen molar-refractivity contribution in [2.45, 2.75) is 33.4 Å². The Morgan fingerprint density at radius 2 is 2.18 bits per heavy atom. The molecule has 0 bridgehead atoms. The highest BCUT2D eigenvalue weighted by Crippen LogP contribution is 2.17. The molecule has 1 aliphatic rings. The topological polar surface area (TPSA) is 54.7 Å². The molecule has 154 valence electrons. The number of halogens is 1. The van der Waals surface area contributed by atoms with Gasteiger partial charge in [0, 0.05) is 51.6 Å². The van der Waals surface area contributed by atoms with Crippen LogP contribution in [-0.4, -0.2) is 53.8 Å². The van der Waals surface area contributed by atoms with Gasteiger partial charge in [-0.1, -0.05) is 24.3 Å². The summed E-state index contributed by atoms with van der Waals surface area (Å²) in [5, 5.41) is 3.44. The second kappa shape index (κ2) is 11.4. The Balaban J connectivity index is 0.00000280. The molecule has 0 radical (unpaired) electrons. The van der Waals surface area contributed by atoms with Gasteiger partial charge in [-0.2, -0.15) is 0 Å². The molecule has 0 aliphatic carbocycles. The molecule has 2 aromatic rings. The molecule has 3 rings (SSSR count). The predicted molar refractivity (Wildman–Crippen MR) is 124 cm³/mol. The number of rotatable bonds is 7. The van der Waals surface area contributed by atoms with Crippen molar-refractivity contribution in [2.24, 2.45) is 10.9 Å². The number of aromatic nitrogens is 2. The Kier molecular flexibility index (Phi) is 9.24. The molecule has 1 fully saturated rings. The van der Waals surface area contributed by atoms with Crippen molar-refractivity contribution in [1.82, 2.24) is 19.8 Å². The summed E-state index contributed by atoms with van der Waals surface area (Å²) in [6, 6.07) is 8.66. The molecule has 1 aliphatic heterocycles. The van der Waals surface area contributed by atoms with Gasteiger partial charge in [-0.05, 0) is 31.4 Å². The van der Waals surface area contributed by atoms with E-state index in [4.69, 9.17) is 9.73 Å². The average molecular weight is 497 g/mol. The maximum Gasteiger partial charge on any atom is 0.194 e. The summed E-state index contributed by atoms with van der Waals surface area (Å²) in [5.41, 5.74) is 2.50. The van der Waals surface area contributed by atoms with E-state index >= 15 is 0 Å². The van der Waals surface area contributed by atoms with E-state index in [1.165, 1.54) is 11.1 Å². The van der Waals surface area contributed by atoms with Crippen molar-refractivity contribution >= 4 is 29.9 Å². The number of methoxy groups -OCH3 is 1. The second-order valence-electron chi connectivity index (χ2n) is 7.15. The van der Waals surface area contributed by atoms with E-state index in [9.17, 15) is 0 Å². The van der Waals surface area contributed by atoms with Gasteiger partial charge in [0.05, 0.1) is 13.2 Å². The standard InChI is InChI=1S/C21H31N5O.HI/c1-4-22-21(26-10-8-20(15-26)16-27-3)24-13-18-6-5-7-19(12-18)14-25-11-9-23-17(25)2;/h5-7,9,11-12,20H,4,8,10,13-16H2,1-3H3,(H,22,24);1H. The van der Waals surface area contributed by atoms with Crippen molar-refractivity contribution in [3.63, 3.8) is 0 Å². The number of hydrogen-bond donors (Lipinski definition) is 1. The normalized spacial score (nSPS) is 16.9. The van der Waals surface area contributed by atoms with Crippen molar-refractivity contribution in [3.05, 3.63) is 53.6 Å². The first-order chi connectivity index (χ1) is 13.2. The first kappa shape index (κ1) is 22.7. The molecule has 7 heteroatoms. The third kappa shape index (κ3) is 6.20. The van der Waals surface area contributed by atoms with Crippen LogP contribution in [0, 0.1) is 12.8 Å². The first-order valence-corrected chi connectivity index (χ1v) is 9.77. The number of likely N-dealkylation sites (tertiary alicyclic amines) is 1. The van der Waals surface area contributed by atoms with Crippen molar-refractivity contribution < 1.29 is 4.74 Å². The van der Waals surface area contributed by atoms with Gasteiger partial charge in [-0.15, -0.1) is 24.0 Å². The molecule has 1 N–H and O–H groups in total. The minimum Gasteiger partial charge on any atom is -0.384 e. The van der Waals surface area contributed by atoms with E-state index in [2.05, 4.69) is 51.0 Å². The minimum atomic E-state index is 0. The third-order valence-electron chi connectivity index (χ3n) is 5.00. The molecule has 6 nitrogen and oxygen atoms in total.